The van der Waals surface area contributed by atoms with E-state index in [0.717, 1.165) is 17.9 Å². The van der Waals surface area contributed by atoms with Gasteiger partial charge in [-0.2, -0.15) is 0 Å². The second-order valence-corrected chi connectivity index (χ2v) is 7.55. The molecule has 1 aromatic carbocycles. The summed E-state index contributed by atoms with van der Waals surface area (Å²) in [4.78, 5) is 32.3. The molecule has 1 N–H and O–H groups in total. The summed E-state index contributed by atoms with van der Waals surface area (Å²) in [5.74, 6) is 1.72. The molecule has 2 aromatic heterocycles. The topological polar surface area (TPSA) is 112 Å². The van der Waals surface area contributed by atoms with Gasteiger partial charge < -0.3 is 14.6 Å². The zero-order valence-electron chi connectivity index (χ0n) is 20.7. The summed E-state index contributed by atoms with van der Waals surface area (Å²) >= 11 is 0. The van der Waals surface area contributed by atoms with Crippen molar-refractivity contribution in [2.75, 3.05) is 11.9 Å². The standard InChI is InChI=1S/C22H24N5O4.C2H6.K/c1-4-15-5-7-16(8-6-15)18-9-17(11-30-18)21-25-19(31-26-21)10-27-12-23-20(24-14(3)28)13(2)22(27)29;1-2;/h5-8,12,18H,4,9-11H2,1-3H3,(H,24,28);1-2H3;/q-1;;+1/t18-;;/m1../s1. The molecule has 10 heteroatoms. The van der Waals surface area contributed by atoms with Crippen molar-refractivity contribution in [3.05, 3.63) is 75.3 Å². The van der Waals surface area contributed by atoms with Crippen LogP contribution in [0.5, 0.6) is 0 Å². The van der Waals surface area contributed by atoms with E-state index in [2.05, 4.69) is 51.6 Å². The number of benzene rings is 1. The molecule has 1 atom stereocenters. The van der Waals surface area contributed by atoms with Gasteiger partial charge in [0.1, 0.15) is 18.7 Å². The van der Waals surface area contributed by atoms with Gasteiger partial charge in [-0.05, 0) is 24.5 Å². The van der Waals surface area contributed by atoms with Crippen LogP contribution in [-0.4, -0.2) is 32.2 Å². The predicted molar refractivity (Wildman–Crippen MR) is 124 cm³/mol. The maximum atomic E-state index is 12.5. The maximum Gasteiger partial charge on any atom is 1.00 e. The molecule has 1 fully saturated rings. The molecule has 0 unspecified atom stereocenters. The van der Waals surface area contributed by atoms with E-state index in [4.69, 9.17) is 9.26 Å². The molecule has 0 aliphatic carbocycles. The molecule has 0 radical (unpaired) electrons. The van der Waals surface area contributed by atoms with E-state index in [9.17, 15) is 9.59 Å². The summed E-state index contributed by atoms with van der Waals surface area (Å²) in [6.07, 6.45) is 3.02. The van der Waals surface area contributed by atoms with Crippen LogP contribution in [0.15, 0.2) is 39.9 Å². The van der Waals surface area contributed by atoms with E-state index in [1.54, 1.807) is 6.92 Å². The molecular formula is C24H30KN5O4. The Labute approximate surface area is 242 Å². The number of nitrogens with one attached hydrogen (secondary N) is 1. The van der Waals surface area contributed by atoms with Gasteiger partial charge in [0.15, 0.2) is 0 Å². The number of aryl methyl sites for hydroxylation is 1. The summed E-state index contributed by atoms with van der Waals surface area (Å²) in [5, 5.41) is 6.60. The van der Waals surface area contributed by atoms with Gasteiger partial charge in [-0.25, -0.2) is 9.97 Å². The number of ether oxygens (including phenoxy) is 1. The third-order valence-electron chi connectivity index (χ3n) is 5.30. The molecule has 1 aliphatic heterocycles. The average Bonchev–Trinajstić information content (AvgIpc) is 3.50. The Balaban J connectivity index is 0.00000133. The van der Waals surface area contributed by atoms with Crippen molar-refractivity contribution in [1.82, 2.24) is 19.7 Å². The fourth-order valence-corrected chi connectivity index (χ4v) is 3.49. The van der Waals surface area contributed by atoms with Crippen molar-refractivity contribution in [3.63, 3.8) is 0 Å². The van der Waals surface area contributed by atoms with Crippen LogP contribution in [0.4, 0.5) is 5.82 Å². The van der Waals surface area contributed by atoms with Gasteiger partial charge in [0.2, 0.25) is 11.8 Å². The van der Waals surface area contributed by atoms with E-state index in [1.807, 2.05) is 13.8 Å². The smallest absolute Gasteiger partial charge is 0.405 e. The van der Waals surface area contributed by atoms with Gasteiger partial charge in [0.05, 0.1) is 11.7 Å². The first kappa shape index (κ1) is 28.4. The van der Waals surface area contributed by atoms with E-state index >= 15 is 0 Å². The molecular weight excluding hydrogens is 461 g/mol. The van der Waals surface area contributed by atoms with Crippen LogP contribution in [-0.2, 0) is 22.5 Å². The number of carbonyl (C=O) groups is 1. The number of anilines is 1. The Bertz CT molecular complexity index is 1140. The van der Waals surface area contributed by atoms with Crippen LogP contribution in [0.1, 0.15) is 68.6 Å². The van der Waals surface area contributed by atoms with Crippen LogP contribution in [0.25, 0.3) is 0 Å². The third kappa shape index (κ3) is 6.86. The van der Waals surface area contributed by atoms with Gasteiger partial charge >= 0.3 is 51.4 Å². The average molecular weight is 492 g/mol. The van der Waals surface area contributed by atoms with Crippen molar-refractivity contribution < 1.29 is 65.4 Å². The third-order valence-corrected chi connectivity index (χ3v) is 5.30. The van der Waals surface area contributed by atoms with Crippen molar-refractivity contribution >= 4 is 11.7 Å². The zero-order valence-corrected chi connectivity index (χ0v) is 23.8. The van der Waals surface area contributed by atoms with Crippen molar-refractivity contribution in [2.45, 2.75) is 60.1 Å². The van der Waals surface area contributed by atoms with Gasteiger partial charge in [-0.3, -0.25) is 20.1 Å². The second-order valence-electron chi connectivity index (χ2n) is 7.55. The largest absolute Gasteiger partial charge is 1.00 e. The maximum absolute atomic E-state index is 12.5. The van der Waals surface area contributed by atoms with Gasteiger partial charge in [0, 0.05) is 12.7 Å². The first-order chi connectivity index (χ1) is 15.9. The van der Waals surface area contributed by atoms with Crippen molar-refractivity contribution in [3.8, 4) is 0 Å². The van der Waals surface area contributed by atoms with Crippen LogP contribution in [0.2, 0.25) is 0 Å². The van der Waals surface area contributed by atoms with Crippen LogP contribution < -0.4 is 62.3 Å². The van der Waals surface area contributed by atoms with Crippen LogP contribution in [0.3, 0.4) is 0 Å². The number of carbonyl (C=O) groups excluding carboxylic acids is 1. The summed E-state index contributed by atoms with van der Waals surface area (Å²) in [5.41, 5.74) is 2.47. The predicted octanol–water partition coefficient (Wildman–Crippen LogP) is 0.618. The monoisotopic (exact) mass is 491 g/mol. The quantitative estimate of drug-likeness (QED) is 0.397. The molecule has 3 heterocycles. The van der Waals surface area contributed by atoms with E-state index in [-0.39, 0.29) is 81.3 Å². The number of rotatable bonds is 6. The molecule has 1 saturated heterocycles. The Morgan fingerprint density at radius 3 is 2.62 bits per heavy atom. The fourth-order valence-electron chi connectivity index (χ4n) is 3.49. The van der Waals surface area contributed by atoms with E-state index < -0.39 is 0 Å². The van der Waals surface area contributed by atoms with Crippen molar-refractivity contribution in [2.24, 2.45) is 0 Å². The van der Waals surface area contributed by atoms with Gasteiger partial charge in [-0.15, -0.1) is 6.42 Å². The Morgan fingerprint density at radius 2 is 1.97 bits per heavy atom. The Morgan fingerprint density at radius 1 is 1.26 bits per heavy atom. The van der Waals surface area contributed by atoms with Crippen LogP contribution in [0, 0.1) is 12.8 Å². The molecule has 0 bridgehead atoms. The summed E-state index contributed by atoms with van der Waals surface area (Å²) in [6, 6.07) is 8.43. The molecule has 0 spiro atoms. The summed E-state index contributed by atoms with van der Waals surface area (Å²) in [7, 11) is 0. The number of amides is 1. The molecule has 176 valence electrons. The molecule has 1 aliphatic rings. The molecule has 34 heavy (non-hydrogen) atoms. The molecule has 1 amide bonds. The summed E-state index contributed by atoms with van der Waals surface area (Å²) < 4.78 is 12.6. The first-order valence-corrected chi connectivity index (χ1v) is 11.2. The van der Waals surface area contributed by atoms with Gasteiger partial charge in [-0.1, -0.05) is 56.8 Å². The molecule has 3 aromatic rings. The molecule has 9 nitrogen and oxygen atoms in total. The minimum absolute atomic E-state index is 0. The normalized spacial score (nSPS) is 14.7. The molecule has 4 rings (SSSR count). The number of aromatic nitrogens is 4. The SMILES string of the molecule is CC.CCc1ccc([C@H]2C[C-](c3noc(Cn4cnc(NC(C)=O)c(C)c4=O)n3)CO2)cc1.[K+]. The van der Waals surface area contributed by atoms with E-state index in [0.29, 0.717) is 30.3 Å². The molecule has 0 saturated carbocycles. The Hall–Kier alpha value is -1.82. The number of hydrogen-bond donors (Lipinski definition) is 1. The zero-order chi connectivity index (χ0) is 24.0. The van der Waals surface area contributed by atoms with Crippen LogP contribution >= 0.6 is 0 Å². The minimum Gasteiger partial charge on any atom is -0.405 e. The fraction of sp³-hybridized carbons (Fsp3) is 0.417. The Kier molecular flexibility index (Phi) is 11.1. The van der Waals surface area contributed by atoms with Crippen molar-refractivity contribution in [1.29, 1.82) is 0 Å². The number of hydrogen-bond acceptors (Lipinski definition) is 7. The minimum atomic E-state index is -0.287. The van der Waals surface area contributed by atoms with Gasteiger partial charge in [0.25, 0.3) is 5.56 Å². The summed E-state index contributed by atoms with van der Waals surface area (Å²) in [6.45, 7) is 9.63. The second kappa shape index (κ2) is 13.3. The number of nitrogens with zero attached hydrogens (tertiary/aromatic N) is 4. The van der Waals surface area contributed by atoms with E-state index in [1.165, 1.54) is 23.4 Å². The first-order valence-electron chi connectivity index (χ1n) is 11.2.